The molecule has 1 rings (SSSR count). The van der Waals surface area contributed by atoms with E-state index in [2.05, 4.69) is 6.58 Å². The number of phenolic OH excluding ortho intramolecular Hbond substituents is 1. The Kier molecular flexibility index (Phi) is 2.48. The zero-order valence-electron chi connectivity index (χ0n) is 6.47. The first-order chi connectivity index (χ1) is 5.79. The predicted octanol–water partition coefficient (Wildman–Crippen LogP) is 1.50. The zero-order valence-corrected chi connectivity index (χ0v) is 6.47. The van der Waals surface area contributed by atoms with Gasteiger partial charge in [0.15, 0.2) is 0 Å². The number of hydrogen-bond donors (Lipinski definition) is 1. The number of phenols is 1. The number of nitrogens with zero attached hydrogens (tertiary/aromatic N) is 1. The molecular weight excluding hydrogens is 154 g/mol. The molecule has 0 aliphatic heterocycles. The van der Waals surface area contributed by atoms with Crippen LogP contribution in [0, 0.1) is 0 Å². The van der Waals surface area contributed by atoms with Crippen LogP contribution in [0.1, 0.15) is 0 Å². The van der Waals surface area contributed by atoms with E-state index >= 15 is 0 Å². The Hall–Kier alpha value is -1.77. The summed E-state index contributed by atoms with van der Waals surface area (Å²) in [4.78, 5) is 11.6. The lowest BCUT2D eigenvalue weighted by atomic mass is 10.3. The smallest absolute Gasteiger partial charge is 0.218 e. The van der Waals surface area contributed by atoms with Crippen molar-refractivity contribution in [3.05, 3.63) is 37.0 Å². The Balaban J connectivity index is 3.08. The Bertz CT molecular complexity index is 288. The number of carbonyl (C=O) groups is 1. The second-order valence-corrected chi connectivity index (χ2v) is 2.18. The topological polar surface area (TPSA) is 40.5 Å². The van der Waals surface area contributed by atoms with E-state index in [4.69, 9.17) is 0 Å². The third kappa shape index (κ3) is 1.45. The van der Waals surface area contributed by atoms with E-state index in [9.17, 15) is 9.90 Å². The highest BCUT2D eigenvalue weighted by Crippen LogP contribution is 2.25. The molecule has 0 atom stereocenters. The number of rotatable bonds is 3. The van der Waals surface area contributed by atoms with Gasteiger partial charge in [0, 0.05) is 6.20 Å². The minimum Gasteiger partial charge on any atom is -0.506 e. The number of carbonyl (C=O) groups excluding carboxylic acids is 1. The molecule has 0 heterocycles. The molecular formula is C9H9NO2. The molecule has 0 saturated heterocycles. The summed E-state index contributed by atoms with van der Waals surface area (Å²) >= 11 is 0. The summed E-state index contributed by atoms with van der Waals surface area (Å²) in [7, 11) is 0. The number of anilines is 1. The van der Waals surface area contributed by atoms with Crippen molar-refractivity contribution >= 4 is 12.1 Å². The normalized spacial score (nSPS) is 9.00. The van der Waals surface area contributed by atoms with Crippen LogP contribution in [0.4, 0.5) is 5.69 Å². The van der Waals surface area contributed by atoms with Crippen LogP contribution in [0.25, 0.3) is 0 Å². The van der Waals surface area contributed by atoms with Gasteiger partial charge in [-0.1, -0.05) is 18.7 Å². The van der Waals surface area contributed by atoms with Crippen molar-refractivity contribution in [3.63, 3.8) is 0 Å². The zero-order chi connectivity index (χ0) is 8.97. The number of aromatic hydroxyl groups is 1. The monoisotopic (exact) mass is 163 g/mol. The van der Waals surface area contributed by atoms with E-state index in [1.807, 2.05) is 0 Å². The summed E-state index contributed by atoms with van der Waals surface area (Å²) in [5.74, 6) is 0.0597. The molecule has 1 aromatic carbocycles. The van der Waals surface area contributed by atoms with Crippen molar-refractivity contribution in [2.24, 2.45) is 0 Å². The number of para-hydroxylation sites is 2. The van der Waals surface area contributed by atoms with Crippen LogP contribution in [-0.4, -0.2) is 11.5 Å². The largest absolute Gasteiger partial charge is 0.506 e. The average Bonchev–Trinajstić information content (AvgIpc) is 2.10. The fourth-order valence-electron chi connectivity index (χ4n) is 0.881. The van der Waals surface area contributed by atoms with Gasteiger partial charge in [-0.05, 0) is 12.1 Å². The summed E-state index contributed by atoms with van der Waals surface area (Å²) in [6, 6.07) is 6.56. The van der Waals surface area contributed by atoms with Crippen molar-refractivity contribution in [2.75, 3.05) is 4.90 Å². The van der Waals surface area contributed by atoms with Crippen LogP contribution in [0.5, 0.6) is 5.75 Å². The predicted molar refractivity (Wildman–Crippen MR) is 46.8 cm³/mol. The lowest BCUT2D eigenvalue weighted by Gasteiger charge is -2.12. The molecule has 0 spiro atoms. The molecule has 1 amide bonds. The SMILES string of the molecule is C=CN(C=O)c1ccccc1O. The molecule has 1 N–H and O–H groups in total. The van der Waals surface area contributed by atoms with Crippen LogP contribution in [0.3, 0.4) is 0 Å². The van der Waals surface area contributed by atoms with E-state index in [-0.39, 0.29) is 5.75 Å². The first-order valence-electron chi connectivity index (χ1n) is 3.43. The molecule has 3 heteroatoms. The van der Waals surface area contributed by atoms with Gasteiger partial charge >= 0.3 is 0 Å². The van der Waals surface area contributed by atoms with Gasteiger partial charge in [-0.2, -0.15) is 0 Å². The van der Waals surface area contributed by atoms with Crippen molar-refractivity contribution in [3.8, 4) is 5.75 Å². The summed E-state index contributed by atoms with van der Waals surface area (Å²) in [5.41, 5.74) is 0.433. The average molecular weight is 163 g/mol. The highest BCUT2D eigenvalue weighted by atomic mass is 16.3. The first kappa shape index (κ1) is 8.33. The summed E-state index contributed by atoms with van der Waals surface area (Å²) in [6.07, 6.45) is 1.92. The second kappa shape index (κ2) is 3.57. The third-order valence-electron chi connectivity index (χ3n) is 1.47. The summed E-state index contributed by atoms with van der Waals surface area (Å²) < 4.78 is 0. The molecule has 0 fully saturated rings. The van der Waals surface area contributed by atoms with Crippen LogP contribution >= 0.6 is 0 Å². The van der Waals surface area contributed by atoms with Gasteiger partial charge in [-0.3, -0.25) is 9.69 Å². The van der Waals surface area contributed by atoms with Crippen LogP contribution in [0.2, 0.25) is 0 Å². The maximum absolute atomic E-state index is 10.4. The number of benzene rings is 1. The van der Waals surface area contributed by atoms with Crippen LogP contribution in [-0.2, 0) is 4.79 Å². The van der Waals surface area contributed by atoms with Gasteiger partial charge in [-0.15, -0.1) is 0 Å². The summed E-state index contributed by atoms with van der Waals surface area (Å²) in [5, 5.41) is 9.29. The number of amides is 1. The molecule has 0 unspecified atom stereocenters. The maximum atomic E-state index is 10.4. The summed E-state index contributed by atoms with van der Waals surface area (Å²) in [6.45, 7) is 3.43. The highest BCUT2D eigenvalue weighted by molar-refractivity contribution is 5.80. The Morgan fingerprint density at radius 3 is 2.58 bits per heavy atom. The minimum absolute atomic E-state index is 0.0597. The van der Waals surface area contributed by atoms with Gasteiger partial charge in [0.2, 0.25) is 6.41 Å². The van der Waals surface area contributed by atoms with Crippen molar-refractivity contribution in [1.82, 2.24) is 0 Å². The molecule has 0 saturated carbocycles. The first-order valence-corrected chi connectivity index (χ1v) is 3.43. The second-order valence-electron chi connectivity index (χ2n) is 2.18. The lowest BCUT2D eigenvalue weighted by molar-refractivity contribution is -0.107. The van der Waals surface area contributed by atoms with Gasteiger partial charge in [0.05, 0.1) is 5.69 Å². The maximum Gasteiger partial charge on any atom is 0.218 e. The van der Waals surface area contributed by atoms with E-state index in [1.54, 1.807) is 18.2 Å². The fourth-order valence-corrected chi connectivity index (χ4v) is 0.881. The van der Waals surface area contributed by atoms with Crippen molar-refractivity contribution in [1.29, 1.82) is 0 Å². The van der Waals surface area contributed by atoms with E-state index in [0.717, 1.165) is 0 Å². The molecule has 1 aromatic rings. The quantitative estimate of drug-likeness (QED) is 0.686. The van der Waals surface area contributed by atoms with Gasteiger partial charge in [0.25, 0.3) is 0 Å². The molecule has 0 aromatic heterocycles. The Morgan fingerprint density at radius 1 is 1.42 bits per heavy atom. The molecule has 0 radical (unpaired) electrons. The molecule has 0 aliphatic carbocycles. The van der Waals surface area contributed by atoms with E-state index < -0.39 is 0 Å². The molecule has 12 heavy (non-hydrogen) atoms. The minimum atomic E-state index is 0.0597. The molecule has 3 nitrogen and oxygen atoms in total. The van der Waals surface area contributed by atoms with Gasteiger partial charge < -0.3 is 5.11 Å². The standard InChI is InChI=1S/C9H9NO2/c1-2-10(7-11)8-5-3-4-6-9(8)12/h2-7,12H,1H2. The van der Waals surface area contributed by atoms with Crippen LogP contribution < -0.4 is 4.90 Å². The molecule has 62 valence electrons. The Labute approximate surface area is 70.6 Å². The van der Waals surface area contributed by atoms with Gasteiger partial charge in [0.1, 0.15) is 5.75 Å². The highest BCUT2D eigenvalue weighted by Gasteiger charge is 2.04. The van der Waals surface area contributed by atoms with E-state index in [0.29, 0.717) is 12.1 Å². The van der Waals surface area contributed by atoms with Crippen molar-refractivity contribution in [2.45, 2.75) is 0 Å². The van der Waals surface area contributed by atoms with Gasteiger partial charge in [-0.25, -0.2) is 0 Å². The lowest BCUT2D eigenvalue weighted by Crippen LogP contribution is -2.11. The Morgan fingerprint density at radius 2 is 2.08 bits per heavy atom. The number of hydrogen-bond acceptors (Lipinski definition) is 2. The molecule has 0 bridgehead atoms. The van der Waals surface area contributed by atoms with E-state index in [1.165, 1.54) is 17.2 Å². The fraction of sp³-hybridized carbons (Fsp3) is 0. The van der Waals surface area contributed by atoms with Crippen LogP contribution in [0.15, 0.2) is 37.0 Å². The third-order valence-corrected chi connectivity index (χ3v) is 1.47. The molecule has 0 aliphatic rings. The van der Waals surface area contributed by atoms with Crippen molar-refractivity contribution < 1.29 is 9.90 Å².